The number of anilines is 1. The molecule has 2 amide bonds. The molecular weight excluding hydrogens is 404 g/mol. The molecule has 0 saturated heterocycles. The van der Waals surface area contributed by atoms with Gasteiger partial charge < -0.3 is 14.7 Å². The summed E-state index contributed by atoms with van der Waals surface area (Å²) in [4.78, 5) is 29.5. The van der Waals surface area contributed by atoms with Crippen molar-refractivity contribution in [1.82, 2.24) is 4.90 Å². The number of aliphatic hydroxyl groups excluding tert-OH is 1. The molecule has 0 radical (unpaired) electrons. The van der Waals surface area contributed by atoms with E-state index in [0.717, 1.165) is 5.56 Å². The van der Waals surface area contributed by atoms with Gasteiger partial charge in [-0.3, -0.25) is 9.59 Å². The van der Waals surface area contributed by atoms with Gasteiger partial charge >= 0.3 is 0 Å². The highest BCUT2D eigenvalue weighted by atomic mass is 16.5. The largest absolute Gasteiger partial charge is 0.489 e. The van der Waals surface area contributed by atoms with Crippen molar-refractivity contribution < 1.29 is 19.4 Å². The van der Waals surface area contributed by atoms with Crippen LogP contribution in [0.5, 0.6) is 5.75 Å². The van der Waals surface area contributed by atoms with Crippen LogP contribution in [0.15, 0.2) is 90.6 Å². The fraction of sp³-hybridized carbons (Fsp3) is 0.154. The molecule has 1 heterocycles. The topological polar surface area (TPSA) is 70.1 Å². The van der Waals surface area contributed by atoms with Crippen molar-refractivity contribution in [2.75, 3.05) is 25.1 Å². The minimum atomic E-state index is -0.414. The van der Waals surface area contributed by atoms with E-state index in [9.17, 15) is 14.7 Å². The summed E-state index contributed by atoms with van der Waals surface area (Å²) in [5.41, 5.74) is 2.79. The smallest absolute Gasteiger partial charge is 0.282 e. The molecule has 6 nitrogen and oxygen atoms in total. The Morgan fingerprint density at radius 2 is 1.47 bits per heavy atom. The van der Waals surface area contributed by atoms with Crippen LogP contribution in [0.3, 0.4) is 0 Å². The average Bonchev–Trinajstić information content (AvgIpc) is 3.09. The van der Waals surface area contributed by atoms with E-state index in [-0.39, 0.29) is 24.8 Å². The molecule has 4 rings (SSSR count). The second kappa shape index (κ2) is 9.49. The Kier molecular flexibility index (Phi) is 6.33. The molecule has 1 aliphatic heterocycles. The zero-order valence-corrected chi connectivity index (χ0v) is 17.8. The summed E-state index contributed by atoms with van der Waals surface area (Å²) in [7, 11) is 1.70. The third kappa shape index (κ3) is 4.26. The van der Waals surface area contributed by atoms with Gasteiger partial charge in [-0.25, -0.2) is 4.90 Å². The number of imide groups is 1. The Bertz CT molecular complexity index is 1130. The van der Waals surface area contributed by atoms with Gasteiger partial charge in [0.25, 0.3) is 11.8 Å². The fourth-order valence-electron chi connectivity index (χ4n) is 3.67. The van der Waals surface area contributed by atoms with Gasteiger partial charge in [-0.15, -0.1) is 0 Å². The standard InChI is InChI=1S/C26H24N2O4/c1-27(16-17-29)24-23(20-10-6-3-7-11-20)25(30)28(26(24)31)21-12-14-22(15-13-21)32-18-19-8-4-2-5-9-19/h2-15,29H,16-18H2,1H3. The van der Waals surface area contributed by atoms with Gasteiger partial charge in [0, 0.05) is 13.6 Å². The Morgan fingerprint density at radius 3 is 2.09 bits per heavy atom. The van der Waals surface area contributed by atoms with E-state index in [4.69, 9.17) is 4.74 Å². The quantitative estimate of drug-likeness (QED) is 0.557. The predicted octanol–water partition coefficient (Wildman–Crippen LogP) is 3.47. The minimum absolute atomic E-state index is 0.128. The molecule has 6 heteroatoms. The van der Waals surface area contributed by atoms with Gasteiger partial charge in [-0.2, -0.15) is 0 Å². The lowest BCUT2D eigenvalue weighted by Crippen LogP contribution is -2.34. The summed E-state index contributed by atoms with van der Waals surface area (Å²) in [6.07, 6.45) is 0. The first-order valence-electron chi connectivity index (χ1n) is 10.4. The predicted molar refractivity (Wildman–Crippen MR) is 123 cm³/mol. The monoisotopic (exact) mass is 428 g/mol. The summed E-state index contributed by atoms with van der Waals surface area (Å²) >= 11 is 0. The third-order valence-corrected chi connectivity index (χ3v) is 5.28. The van der Waals surface area contributed by atoms with Crippen LogP contribution in [0.4, 0.5) is 5.69 Å². The molecule has 0 aromatic heterocycles. The van der Waals surface area contributed by atoms with Crippen LogP contribution < -0.4 is 9.64 Å². The van der Waals surface area contributed by atoms with Crippen LogP contribution in [0.25, 0.3) is 5.57 Å². The fourth-order valence-corrected chi connectivity index (χ4v) is 3.67. The van der Waals surface area contributed by atoms with E-state index < -0.39 is 5.91 Å². The number of carbonyl (C=O) groups excluding carboxylic acids is 2. The second-order valence-electron chi connectivity index (χ2n) is 7.45. The van der Waals surface area contributed by atoms with Crippen LogP contribution in [0, 0.1) is 0 Å². The zero-order chi connectivity index (χ0) is 22.5. The van der Waals surface area contributed by atoms with Crippen molar-refractivity contribution in [3.05, 3.63) is 102 Å². The summed E-state index contributed by atoms with van der Waals surface area (Å²) in [5.74, 6) is -0.160. The SMILES string of the molecule is CN(CCO)C1=C(c2ccccc2)C(=O)N(c2ccc(OCc3ccccc3)cc2)C1=O. The number of nitrogens with zero attached hydrogens (tertiary/aromatic N) is 2. The molecule has 0 fully saturated rings. The molecule has 1 aliphatic rings. The number of ether oxygens (including phenoxy) is 1. The van der Waals surface area contributed by atoms with Crippen molar-refractivity contribution >= 4 is 23.1 Å². The van der Waals surface area contributed by atoms with E-state index in [1.165, 1.54) is 4.90 Å². The molecule has 0 saturated carbocycles. The van der Waals surface area contributed by atoms with Crippen LogP contribution >= 0.6 is 0 Å². The van der Waals surface area contributed by atoms with Crippen molar-refractivity contribution in [2.24, 2.45) is 0 Å². The molecule has 0 spiro atoms. The molecule has 0 atom stereocenters. The molecule has 1 N–H and O–H groups in total. The normalized spacial score (nSPS) is 13.6. The van der Waals surface area contributed by atoms with Gasteiger partial charge in [-0.1, -0.05) is 60.7 Å². The lowest BCUT2D eigenvalue weighted by atomic mass is 10.0. The van der Waals surface area contributed by atoms with E-state index in [0.29, 0.717) is 29.2 Å². The third-order valence-electron chi connectivity index (χ3n) is 5.28. The van der Waals surface area contributed by atoms with Crippen molar-refractivity contribution in [3.8, 4) is 5.75 Å². The highest BCUT2D eigenvalue weighted by Gasteiger charge is 2.41. The van der Waals surface area contributed by atoms with E-state index >= 15 is 0 Å². The van der Waals surface area contributed by atoms with Crippen LogP contribution in [0.2, 0.25) is 0 Å². The molecular formula is C26H24N2O4. The Balaban J connectivity index is 1.59. The Morgan fingerprint density at radius 1 is 0.844 bits per heavy atom. The number of amides is 2. The summed E-state index contributed by atoms with van der Waals surface area (Å²) < 4.78 is 5.81. The minimum Gasteiger partial charge on any atom is -0.489 e. The van der Waals surface area contributed by atoms with Gasteiger partial charge in [0.1, 0.15) is 18.1 Å². The summed E-state index contributed by atoms with van der Waals surface area (Å²) in [6, 6.07) is 25.8. The Hall–Kier alpha value is -3.90. The number of carbonyl (C=O) groups is 2. The maximum absolute atomic E-state index is 13.4. The maximum atomic E-state index is 13.4. The first kappa shape index (κ1) is 21.3. The lowest BCUT2D eigenvalue weighted by molar-refractivity contribution is -0.120. The average molecular weight is 428 g/mol. The second-order valence-corrected chi connectivity index (χ2v) is 7.45. The first-order chi connectivity index (χ1) is 15.6. The number of hydrogen-bond donors (Lipinski definition) is 1. The van der Waals surface area contributed by atoms with Crippen LogP contribution in [-0.4, -0.2) is 42.0 Å². The van der Waals surface area contributed by atoms with Gasteiger partial charge in [0.05, 0.1) is 17.9 Å². The van der Waals surface area contributed by atoms with Crippen LogP contribution in [0.1, 0.15) is 11.1 Å². The summed E-state index contributed by atoms with van der Waals surface area (Å²) in [5, 5.41) is 9.36. The first-order valence-corrected chi connectivity index (χ1v) is 10.4. The number of aliphatic hydroxyl groups is 1. The number of likely N-dealkylation sites (N-methyl/N-ethyl adjacent to an activating group) is 1. The lowest BCUT2D eigenvalue weighted by Gasteiger charge is -2.20. The maximum Gasteiger partial charge on any atom is 0.282 e. The van der Waals surface area contributed by atoms with Crippen molar-refractivity contribution in [2.45, 2.75) is 6.61 Å². The molecule has 0 aliphatic carbocycles. The molecule has 0 bridgehead atoms. The highest BCUT2D eigenvalue weighted by Crippen LogP contribution is 2.34. The molecule has 162 valence electrons. The highest BCUT2D eigenvalue weighted by molar-refractivity contribution is 6.45. The van der Waals surface area contributed by atoms with Gasteiger partial charge in [0.2, 0.25) is 0 Å². The van der Waals surface area contributed by atoms with Crippen LogP contribution in [-0.2, 0) is 16.2 Å². The Labute approximate surface area is 187 Å². The molecule has 32 heavy (non-hydrogen) atoms. The van der Waals surface area contributed by atoms with E-state index in [1.54, 1.807) is 48.3 Å². The number of hydrogen-bond acceptors (Lipinski definition) is 5. The van der Waals surface area contributed by atoms with Gasteiger partial charge in [0.15, 0.2) is 0 Å². The van der Waals surface area contributed by atoms with Crippen molar-refractivity contribution in [1.29, 1.82) is 0 Å². The molecule has 3 aromatic rings. The van der Waals surface area contributed by atoms with E-state index in [1.807, 2.05) is 48.5 Å². The number of benzene rings is 3. The van der Waals surface area contributed by atoms with Crippen molar-refractivity contribution in [3.63, 3.8) is 0 Å². The summed E-state index contributed by atoms with van der Waals surface area (Å²) in [6.45, 7) is 0.541. The zero-order valence-electron chi connectivity index (χ0n) is 17.8. The molecule has 3 aromatic carbocycles. The van der Waals surface area contributed by atoms with Gasteiger partial charge in [-0.05, 0) is 35.4 Å². The molecule has 0 unspecified atom stereocenters. The van der Waals surface area contributed by atoms with E-state index in [2.05, 4.69) is 0 Å². The number of rotatable bonds is 8.